The molecule has 0 radical (unpaired) electrons. The van der Waals surface area contributed by atoms with Gasteiger partial charge in [0.2, 0.25) is 0 Å². The smallest absolute Gasteiger partial charge is 0.262 e. The minimum absolute atomic E-state index is 0.0841. The topological polar surface area (TPSA) is 96.0 Å². The van der Waals surface area contributed by atoms with Crippen LogP contribution in [0.4, 0.5) is 27.4 Å². The molecule has 3 N–H and O–H groups in total. The van der Waals surface area contributed by atoms with Crippen LogP contribution in [-0.2, 0) is 10.0 Å². The minimum Gasteiger partial charge on any atom is -0.367 e. The summed E-state index contributed by atoms with van der Waals surface area (Å²) in [5.74, 6) is 1.52. The maximum absolute atomic E-state index is 13.5. The molecule has 174 valence electrons. The van der Waals surface area contributed by atoms with E-state index in [0.29, 0.717) is 28.9 Å². The molecule has 0 amide bonds. The molecule has 1 fully saturated rings. The van der Waals surface area contributed by atoms with Gasteiger partial charge in [0.05, 0.1) is 4.90 Å². The SMILES string of the molecule is Cc1nc(Nc2ccc(NS(=O)(=O)c3cc(F)ccc3C)cc2)cc(NC2CCCCC2)n1. The number of benzene rings is 2. The number of nitrogens with one attached hydrogen (secondary N) is 3. The highest BCUT2D eigenvalue weighted by molar-refractivity contribution is 7.92. The third-order valence-electron chi connectivity index (χ3n) is 5.64. The van der Waals surface area contributed by atoms with Gasteiger partial charge >= 0.3 is 0 Å². The Kier molecular flexibility index (Phi) is 6.78. The fourth-order valence-electron chi connectivity index (χ4n) is 4.00. The van der Waals surface area contributed by atoms with Crippen LogP contribution in [0.1, 0.15) is 43.5 Å². The first kappa shape index (κ1) is 23.0. The Labute approximate surface area is 193 Å². The molecule has 0 bridgehead atoms. The summed E-state index contributed by atoms with van der Waals surface area (Å²) in [5, 5.41) is 6.76. The van der Waals surface area contributed by atoms with E-state index in [9.17, 15) is 12.8 Å². The molecule has 1 aliphatic carbocycles. The van der Waals surface area contributed by atoms with Crippen molar-refractivity contribution < 1.29 is 12.8 Å². The van der Waals surface area contributed by atoms with E-state index in [0.717, 1.165) is 30.4 Å². The molecule has 0 saturated heterocycles. The lowest BCUT2D eigenvalue weighted by atomic mass is 9.95. The zero-order valence-corrected chi connectivity index (χ0v) is 19.5. The Morgan fingerprint density at radius 1 is 0.879 bits per heavy atom. The van der Waals surface area contributed by atoms with Gasteiger partial charge < -0.3 is 10.6 Å². The largest absolute Gasteiger partial charge is 0.367 e. The molecule has 1 aliphatic rings. The Morgan fingerprint density at radius 2 is 1.55 bits per heavy atom. The number of aryl methyl sites for hydroxylation is 2. The van der Waals surface area contributed by atoms with Gasteiger partial charge in [-0.15, -0.1) is 0 Å². The van der Waals surface area contributed by atoms with Gasteiger partial charge in [-0.05, 0) is 68.7 Å². The van der Waals surface area contributed by atoms with E-state index in [1.165, 1.54) is 31.4 Å². The normalized spacial score (nSPS) is 14.6. The third-order valence-corrected chi connectivity index (χ3v) is 7.17. The number of hydrogen-bond acceptors (Lipinski definition) is 6. The van der Waals surface area contributed by atoms with Crippen molar-refractivity contribution in [2.75, 3.05) is 15.4 Å². The van der Waals surface area contributed by atoms with E-state index >= 15 is 0 Å². The third kappa shape index (κ3) is 5.98. The maximum atomic E-state index is 13.5. The maximum Gasteiger partial charge on any atom is 0.262 e. The zero-order chi connectivity index (χ0) is 23.4. The van der Waals surface area contributed by atoms with E-state index in [4.69, 9.17) is 0 Å². The molecule has 0 atom stereocenters. The summed E-state index contributed by atoms with van der Waals surface area (Å²) in [6, 6.07) is 12.8. The standard InChI is InChI=1S/C24H28FN5O2S/c1-16-8-9-18(25)14-22(16)33(31,32)30-21-12-10-20(11-13-21)29-24-15-23(26-17(2)27-24)28-19-6-4-3-5-7-19/h8-15,19,30H,3-7H2,1-2H3,(H2,26,27,28,29). The van der Waals surface area contributed by atoms with Gasteiger partial charge in [0, 0.05) is 23.5 Å². The van der Waals surface area contributed by atoms with E-state index in [1.807, 2.05) is 13.0 Å². The number of halogens is 1. The molecule has 2 aromatic carbocycles. The summed E-state index contributed by atoms with van der Waals surface area (Å²) in [4.78, 5) is 8.87. The minimum atomic E-state index is -3.90. The number of sulfonamides is 1. The number of aromatic nitrogens is 2. The van der Waals surface area contributed by atoms with Crippen LogP contribution in [0, 0.1) is 19.7 Å². The molecule has 0 spiro atoms. The van der Waals surface area contributed by atoms with Crippen LogP contribution >= 0.6 is 0 Å². The lowest BCUT2D eigenvalue weighted by Gasteiger charge is -2.23. The molecule has 1 heterocycles. The highest BCUT2D eigenvalue weighted by Crippen LogP contribution is 2.25. The van der Waals surface area contributed by atoms with Gasteiger partial charge in [0.25, 0.3) is 10.0 Å². The van der Waals surface area contributed by atoms with Crippen molar-refractivity contribution in [2.24, 2.45) is 0 Å². The van der Waals surface area contributed by atoms with Crippen LogP contribution < -0.4 is 15.4 Å². The molecule has 3 aromatic rings. The van der Waals surface area contributed by atoms with Gasteiger partial charge in [-0.25, -0.2) is 22.8 Å². The molecule has 33 heavy (non-hydrogen) atoms. The first-order chi connectivity index (χ1) is 15.8. The second-order valence-corrected chi connectivity index (χ2v) is 10.0. The van der Waals surface area contributed by atoms with Crippen molar-refractivity contribution in [1.29, 1.82) is 0 Å². The van der Waals surface area contributed by atoms with Gasteiger partial charge in [-0.2, -0.15) is 0 Å². The quantitative estimate of drug-likeness (QED) is 0.422. The first-order valence-electron chi connectivity index (χ1n) is 11.1. The first-order valence-corrected chi connectivity index (χ1v) is 12.6. The van der Waals surface area contributed by atoms with Crippen LogP contribution in [0.3, 0.4) is 0 Å². The lowest BCUT2D eigenvalue weighted by Crippen LogP contribution is -2.23. The van der Waals surface area contributed by atoms with Crippen LogP contribution in [0.2, 0.25) is 0 Å². The summed E-state index contributed by atoms with van der Waals surface area (Å²) in [5.41, 5.74) is 1.60. The summed E-state index contributed by atoms with van der Waals surface area (Å²) in [6.07, 6.45) is 6.07. The predicted octanol–water partition coefficient (Wildman–Crippen LogP) is 5.52. The molecule has 0 aliphatic heterocycles. The summed E-state index contributed by atoms with van der Waals surface area (Å²) < 4.78 is 41.4. The van der Waals surface area contributed by atoms with E-state index in [-0.39, 0.29) is 4.90 Å². The van der Waals surface area contributed by atoms with Crippen molar-refractivity contribution >= 4 is 33.0 Å². The lowest BCUT2D eigenvalue weighted by molar-refractivity contribution is 0.462. The molecule has 1 aromatic heterocycles. The van der Waals surface area contributed by atoms with Crippen molar-refractivity contribution in [2.45, 2.75) is 56.9 Å². The molecule has 9 heteroatoms. The van der Waals surface area contributed by atoms with Crippen LogP contribution in [0.5, 0.6) is 0 Å². The second kappa shape index (κ2) is 9.74. The fourth-order valence-corrected chi connectivity index (χ4v) is 5.32. The van der Waals surface area contributed by atoms with Gasteiger partial charge in [0.1, 0.15) is 23.3 Å². The van der Waals surface area contributed by atoms with E-state index in [2.05, 4.69) is 25.3 Å². The van der Waals surface area contributed by atoms with Crippen LogP contribution in [-0.4, -0.2) is 24.4 Å². The highest BCUT2D eigenvalue weighted by atomic mass is 32.2. The molecule has 0 unspecified atom stereocenters. The highest BCUT2D eigenvalue weighted by Gasteiger charge is 2.18. The number of anilines is 4. The van der Waals surface area contributed by atoms with Gasteiger partial charge in [-0.1, -0.05) is 25.3 Å². The van der Waals surface area contributed by atoms with E-state index < -0.39 is 15.8 Å². The van der Waals surface area contributed by atoms with Gasteiger partial charge in [0.15, 0.2) is 0 Å². The van der Waals surface area contributed by atoms with E-state index in [1.54, 1.807) is 31.2 Å². The van der Waals surface area contributed by atoms with Gasteiger partial charge in [-0.3, -0.25) is 4.72 Å². The Bertz CT molecular complexity index is 1230. The molecular weight excluding hydrogens is 441 g/mol. The molecular formula is C24H28FN5O2S. The van der Waals surface area contributed by atoms with Crippen molar-refractivity contribution in [1.82, 2.24) is 9.97 Å². The Morgan fingerprint density at radius 3 is 2.27 bits per heavy atom. The zero-order valence-electron chi connectivity index (χ0n) is 18.7. The molecule has 1 saturated carbocycles. The average molecular weight is 470 g/mol. The summed E-state index contributed by atoms with van der Waals surface area (Å²) in [6.45, 7) is 3.48. The van der Waals surface area contributed by atoms with Crippen molar-refractivity contribution in [3.63, 3.8) is 0 Å². The fraction of sp³-hybridized carbons (Fsp3) is 0.333. The Hall–Kier alpha value is -3.20. The number of rotatable bonds is 7. The second-order valence-electron chi connectivity index (χ2n) is 8.38. The predicted molar refractivity (Wildman–Crippen MR) is 129 cm³/mol. The number of hydrogen-bond donors (Lipinski definition) is 3. The number of nitrogens with zero attached hydrogens (tertiary/aromatic N) is 2. The summed E-state index contributed by atoms with van der Waals surface area (Å²) in [7, 11) is -3.90. The average Bonchev–Trinajstić information content (AvgIpc) is 2.77. The van der Waals surface area contributed by atoms with Crippen LogP contribution in [0.15, 0.2) is 53.4 Å². The Balaban J connectivity index is 1.45. The summed E-state index contributed by atoms with van der Waals surface area (Å²) >= 11 is 0. The van der Waals surface area contributed by atoms with Crippen LogP contribution in [0.25, 0.3) is 0 Å². The van der Waals surface area contributed by atoms with Crippen molar-refractivity contribution in [3.05, 3.63) is 65.7 Å². The molecule has 7 nitrogen and oxygen atoms in total. The molecule has 4 rings (SSSR count). The monoisotopic (exact) mass is 469 g/mol. The van der Waals surface area contributed by atoms with Crippen molar-refractivity contribution in [3.8, 4) is 0 Å².